The van der Waals surface area contributed by atoms with Crippen molar-refractivity contribution in [2.75, 3.05) is 26.7 Å². The molecule has 0 spiro atoms. The maximum atomic E-state index is 13.8. The summed E-state index contributed by atoms with van der Waals surface area (Å²) in [5.41, 5.74) is 4.16. The summed E-state index contributed by atoms with van der Waals surface area (Å²) in [7, 11) is 1.65. The van der Waals surface area contributed by atoms with E-state index in [0.29, 0.717) is 31.7 Å². The smallest absolute Gasteiger partial charge is 0.253 e. The van der Waals surface area contributed by atoms with Gasteiger partial charge in [0, 0.05) is 37.7 Å². The summed E-state index contributed by atoms with van der Waals surface area (Å²) in [6.07, 6.45) is 0.862. The lowest BCUT2D eigenvalue weighted by Crippen LogP contribution is -2.42. The number of para-hydroxylation sites is 1. The first-order valence-corrected chi connectivity index (χ1v) is 11.5. The van der Waals surface area contributed by atoms with Crippen LogP contribution in [-0.4, -0.2) is 48.4 Å². The third-order valence-corrected chi connectivity index (χ3v) is 6.93. The Morgan fingerprint density at radius 3 is 2.30 bits per heavy atom. The van der Waals surface area contributed by atoms with Crippen LogP contribution in [0.25, 0.3) is 0 Å². The SMILES string of the molecule is COc1ccccc1C1CN(C(=O)c2ccccc2)CC1C(=O)N1CCc2ccccc2C1. The number of benzene rings is 3. The quantitative estimate of drug-likeness (QED) is 0.613. The van der Waals surface area contributed by atoms with Gasteiger partial charge in [0.2, 0.25) is 5.91 Å². The first-order valence-electron chi connectivity index (χ1n) is 11.5. The lowest BCUT2D eigenvalue weighted by atomic mass is 9.86. The zero-order valence-corrected chi connectivity index (χ0v) is 18.8. The fourth-order valence-electron chi connectivity index (χ4n) is 5.19. The normalized spacial score (nSPS) is 19.8. The first kappa shape index (κ1) is 21.3. The number of carbonyl (C=O) groups excluding carboxylic acids is 2. The third kappa shape index (κ3) is 4.11. The molecule has 1 saturated heterocycles. The molecule has 5 nitrogen and oxygen atoms in total. The number of fused-ring (bicyclic) bond motifs is 1. The lowest BCUT2D eigenvalue weighted by Gasteiger charge is -2.32. The van der Waals surface area contributed by atoms with Crippen LogP contribution in [0.15, 0.2) is 78.9 Å². The number of nitrogens with zero attached hydrogens (tertiary/aromatic N) is 2. The summed E-state index contributed by atoms with van der Waals surface area (Å²) in [4.78, 5) is 30.9. The molecule has 2 atom stereocenters. The highest BCUT2D eigenvalue weighted by Gasteiger charge is 2.43. The molecule has 0 bridgehead atoms. The average molecular weight is 441 g/mol. The minimum atomic E-state index is -0.306. The number of hydrogen-bond donors (Lipinski definition) is 0. The highest BCUT2D eigenvalue weighted by molar-refractivity contribution is 5.95. The van der Waals surface area contributed by atoms with E-state index >= 15 is 0 Å². The van der Waals surface area contributed by atoms with Gasteiger partial charge in [-0.2, -0.15) is 0 Å². The Morgan fingerprint density at radius 1 is 0.818 bits per heavy atom. The lowest BCUT2D eigenvalue weighted by molar-refractivity contribution is -0.136. The van der Waals surface area contributed by atoms with E-state index in [1.54, 1.807) is 7.11 Å². The molecule has 2 unspecified atom stereocenters. The number of carbonyl (C=O) groups is 2. The summed E-state index contributed by atoms with van der Waals surface area (Å²) in [5.74, 6) is 0.426. The van der Waals surface area contributed by atoms with Crippen LogP contribution >= 0.6 is 0 Å². The number of methoxy groups -OCH3 is 1. The Kier molecular flexibility index (Phi) is 5.86. The van der Waals surface area contributed by atoms with Gasteiger partial charge in [-0.1, -0.05) is 60.7 Å². The molecule has 5 heteroatoms. The van der Waals surface area contributed by atoms with Crippen LogP contribution in [0.1, 0.15) is 33.0 Å². The largest absolute Gasteiger partial charge is 0.496 e. The van der Waals surface area contributed by atoms with Crippen LogP contribution in [0.4, 0.5) is 0 Å². The van der Waals surface area contributed by atoms with Crippen LogP contribution < -0.4 is 4.74 Å². The van der Waals surface area contributed by atoms with Gasteiger partial charge < -0.3 is 14.5 Å². The molecular weight excluding hydrogens is 412 g/mol. The standard InChI is InChI=1S/C28H28N2O3/c1-33-26-14-8-7-13-23(26)24-18-30(27(31)21-10-3-2-4-11-21)19-25(24)28(32)29-16-15-20-9-5-6-12-22(20)17-29/h2-14,24-25H,15-19H2,1H3. The zero-order valence-electron chi connectivity index (χ0n) is 18.8. The molecule has 0 N–H and O–H groups in total. The molecule has 5 rings (SSSR count). The van der Waals surface area contributed by atoms with Crippen LogP contribution in [0.5, 0.6) is 5.75 Å². The molecule has 2 amide bonds. The van der Waals surface area contributed by atoms with Gasteiger partial charge in [-0.25, -0.2) is 0 Å². The van der Waals surface area contributed by atoms with Crippen molar-refractivity contribution in [1.82, 2.24) is 9.80 Å². The first-order chi connectivity index (χ1) is 16.2. The Hall–Kier alpha value is -3.60. The van der Waals surface area contributed by atoms with E-state index < -0.39 is 0 Å². The molecule has 3 aromatic carbocycles. The molecule has 0 aliphatic carbocycles. The number of hydrogen-bond acceptors (Lipinski definition) is 3. The van der Waals surface area contributed by atoms with Crippen molar-refractivity contribution in [3.05, 3.63) is 101 Å². The highest BCUT2D eigenvalue weighted by atomic mass is 16.5. The van der Waals surface area contributed by atoms with Crippen LogP contribution in [-0.2, 0) is 17.8 Å². The van der Waals surface area contributed by atoms with Gasteiger partial charge in [-0.15, -0.1) is 0 Å². The van der Waals surface area contributed by atoms with E-state index in [1.165, 1.54) is 11.1 Å². The number of rotatable bonds is 4. The van der Waals surface area contributed by atoms with Gasteiger partial charge >= 0.3 is 0 Å². The summed E-state index contributed by atoms with van der Waals surface area (Å²) in [6, 6.07) is 25.5. The zero-order chi connectivity index (χ0) is 22.8. The summed E-state index contributed by atoms with van der Waals surface area (Å²) >= 11 is 0. The van der Waals surface area contributed by atoms with Crippen LogP contribution in [0.2, 0.25) is 0 Å². The van der Waals surface area contributed by atoms with Gasteiger partial charge in [-0.3, -0.25) is 9.59 Å². The molecule has 0 saturated carbocycles. The number of likely N-dealkylation sites (tertiary alicyclic amines) is 1. The van der Waals surface area contributed by atoms with Gasteiger partial charge in [0.05, 0.1) is 13.0 Å². The molecule has 0 radical (unpaired) electrons. The number of ether oxygens (including phenoxy) is 1. The summed E-state index contributed by atoms with van der Waals surface area (Å²) in [6.45, 7) is 2.23. The van der Waals surface area contributed by atoms with Crippen molar-refractivity contribution in [1.29, 1.82) is 0 Å². The van der Waals surface area contributed by atoms with Gasteiger partial charge in [0.25, 0.3) is 5.91 Å². The molecule has 33 heavy (non-hydrogen) atoms. The van der Waals surface area contributed by atoms with Gasteiger partial charge in [-0.05, 0) is 41.3 Å². The molecule has 2 aliphatic heterocycles. The Labute approximate surface area is 194 Å². The Bertz CT molecular complexity index is 1160. The second kappa shape index (κ2) is 9.10. The Balaban J connectivity index is 1.45. The predicted octanol–water partition coefficient (Wildman–Crippen LogP) is 4.14. The van der Waals surface area contributed by atoms with Crippen molar-refractivity contribution < 1.29 is 14.3 Å². The van der Waals surface area contributed by atoms with Crippen molar-refractivity contribution in [3.63, 3.8) is 0 Å². The van der Waals surface area contributed by atoms with E-state index in [-0.39, 0.29) is 23.7 Å². The molecule has 1 fully saturated rings. The molecule has 2 aliphatic rings. The Morgan fingerprint density at radius 2 is 1.52 bits per heavy atom. The van der Waals surface area contributed by atoms with Gasteiger partial charge in [0.1, 0.15) is 5.75 Å². The topological polar surface area (TPSA) is 49.9 Å². The van der Waals surface area contributed by atoms with Crippen molar-refractivity contribution in [2.45, 2.75) is 18.9 Å². The third-order valence-electron chi connectivity index (χ3n) is 6.93. The van der Waals surface area contributed by atoms with Crippen molar-refractivity contribution >= 4 is 11.8 Å². The molecule has 3 aromatic rings. The fraction of sp³-hybridized carbons (Fsp3) is 0.286. The maximum Gasteiger partial charge on any atom is 0.253 e. The summed E-state index contributed by atoms with van der Waals surface area (Å²) in [5, 5.41) is 0. The molecule has 168 valence electrons. The van der Waals surface area contributed by atoms with E-state index in [0.717, 1.165) is 17.7 Å². The molecular formula is C28H28N2O3. The molecule has 0 aromatic heterocycles. The monoisotopic (exact) mass is 440 g/mol. The van der Waals surface area contributed by atoms with E-state index in [9.17, 15) is 9.59 Å². The predicted molar refractivity (Wildman–Crippen MR) is 127 cm³/mol. The second-order valence-corrected chi connectivity index (χ2v) is 8.81. The van der Waals surface area contributed by atoms with Crippen molar-refractivity contribution in [3.8, 4) is 5.75 Å². The van der Waals surface area contributed by atoms with E-state index in [4.69, 9.17) is 4.74 Å². The number of amides is 2. The second-order valence-electron chi connectivity index (χ2n) is 8.81. The highest BCUT2D eigenvalue weighted by Crippen LogP contribution is 2.39. The maximum absolute atomic E-state index is 13.8. The minimum Gasteiger partial charge on any atom is -0.496 e. The van der Waals surface area contributed by atoms with Crippen LogP contribution in [0, 0.1) is 5.92 Å². The fourth-order valence-corrected chi connectivity index (χ4v) is 5.19. The molecule has 2 heterocycles. The van der Waals surface area contributed by atoms with E-state index in [1.807, 2.05) is 70.5 Å². The van der Waals surface area contributed by atoms with Crippen molar-refractivity contribution in [2.24, 2.45) is 5.92 Å². The minimum absolute atomic E-state index is 0.0326. The summed E-state index contributed by atoms with van der Waals surface area (Å²) < 4.78 is 5.63. The van der Waals surface area contributed by atoms with Gasteiger partial charge in [0.15, 0.2) is 0 Å². The van der Waals surface area contributed by atoms with E-state index in [2.05, 4.69) is 18.2 Å². The average Bonchev–Trinajstić information content (AvgIpc) is 3.33. The van der Waals surface area contributed by atoms with Crippen LogP contribution in [0.3, 0.4) is 0 Å².